The summed E-state index contributed by atoms with van der Waals surface area (Å²) in [5, 5.41) is 20.9. The molecule has 0 saturated carbocycles. The van der Waals surface area contributed by atoms with Crippen LogP contribution in [0.5, 0.6) is 11.5 Å². The lowest BCUT2D eigenvalue weighted by Crippen LogP contribution is -2.23. The van der Waals surface area contributed by atoms with E-state index < -0.39 is 0 Å². The zero-order valence-electron chi connectivity index (χ0n) is 15.8. The molecule has 1 aromatic rings. The molecule has 1 aliphatic carbocycles. The number of phenolic OH excluding ortho intramolecular Hbond substituents is 2. The first-order chi connectivity index (χ1) is 11.3. The Morgan fingerprint density at radius 2 is 1.83 bits per heavy atom. The van der Waals surface area contributed by atoms with Crippen LogP contribution in [0.1, 0.15) is 70.4 Å². The van der Waals surface area contributed by atoms with Crippen molar-refractivity contribution in [3.05, 3.63) is 46.6 Å². The van der Waals surface area contributed by atoms with Crippen molar-refractivity contribution >= 4 is 0 Å². The SMILES string of the molecule is CC(C)=CCCC(C)[C@@H]1CCC(C)=C[C@H]1c1c(O)cc(C)cc1O. The lowest BCUT2D eigenvalue weighted by Gasteiger charge is -2.35. The van der Waals surface area contributed by atoms with Gasteiger partial charge in [0.2, 0.25) is 0 Å². The summed E-state index contributed by atoms with van der Waals surface area (Å²) in [6, 6.07) is 3.52. The Labute approximate surface area is 146 Å². The zero-order valence-corrected chi connectivity index (χ0v) is 15.8. The summed E-state index contributed by atoms with van der Waals surface area (Å²) in [4.78, 5) is 0. The number of aromatic hydroxyl groups is 2. The van der Waals surface area contributed by atoms with Crippen LogP contribution >= 0.6 is 0 Å². The average Bonchev–Trinajstić information content (AvgIpc) is 2.45. The lowest BCUT2D eigenvalue weighted by atomic mass is 9.70. The van der Waals surface area contributed by atoms with Crippen LogP contribution in [0.4, 0.5) is 0 Å². The average molecular weight is 328 g/mol. The molecule has 0 saturated heterocycles. The van der Waals surface area contributed by atoms with E-state index in [0.717, 1.165) is 31.2 Å². The van der Waals surface area contributed by atoms with E-state index in [1.54, 1.807) is 12.1 Å². The van der Waals surface area contributed by atoms with Gasteiger partial charge in [0.1, 0.15) is 11.5 Å². The molecule has 0 heterocycles. The lowest BCUT2D eigenvalue weighted by molar-refractivity contribution is 0.274. The van der Waals surface area contributed by atoms with E-state index in [4.69, 9.17) is 0 Å². The number of benzene rings is 1. The highest BCUT2D eigenvalue weighted by molar-refractivity contribution is 5.50. The summed E-state index contributed by atoms with van der Waals surface area (Å²) >= 11 is 0. The van der Waals surface area contributed by atoms with Crippen molar-refractivity contribution in [3.63, 3.8) is 0 Å². The molecule has 132 valence electrons. The highest BCUT2D eigenvalue weighted by atomic mass is 16.3. The minimum Gasteiger partial charge on any atom is -0.507 e. The van der Waals surface area contributed by atoms with Gasteiger partial charge in [-0.15, -0.1) is 0 Å². The molecule has 0 aliphatic heterocycles. The molecule has 0 aromatic heterocycles. The third kappa shape index (κ3) is 4.43. The standard InChI is InChI=1S/C22H32O2/c1-14(2)7-6-8-17(5)18-10-9-15(3)11-19(18)22-20(23)12-16(4)13-21(22)24/h7,11-13,17-19,23-24H,6,8-10H2,1-5H3/t17?,18-,19+/m0/s1. The molecule has 3 atom stereocenters. The summed E-state index contributed by atoms with van der Waals surface area (Å²) in [5.41, 5.74) is 4.32. The van der Waals surface area contributed by atoms with Crippen molar-refractivity contribution in [1.82, 2.24) is 0 Å². The van der Waals surface area contributed by atoms with Gasteiger partial charge in [0.15, 0.2) is 0 Å². The van der Waals surface area contributed by atoms with Gasteiger partial charge >= 0.3 is 0 Å². The predicted octanol–water partition coefficient (Wildman–Crippen LogP) is 6.23. The minimum absolute atomic E-state index is 0.0982. The Kier molecular flexibility index (Phi) is 6.15. The molecular formula is C22H32O2. The van der Waals surface area contributed by atoms with Gasteiger partial charge < -0.3 is 10.2 Å². The number of phenols is 2. The minimum atomic E-state index is 0.0982. The van der Waals surface area contributed by atoms with Gasteiger partial charge in [-0.2, -0.15) is 0 Å². The van der Waals surface area contributed by atoms with Gasteiger partial charge in [-0.25, -0.2) is 0 Å². The maximum atomic E-state index is 10.5. The summed E-state index contributed by atoms with van der Waals surface area (Å²) in [6.45, 7) is 10.6. The molecular weight excluding hydrogens is 296 g/mol. The summed E-state index contributed by atoms with van der Waals surface area (Å²) in [6.07, 6.45) is 9.04. The van der Waals surface area contributed by atoms with Crippen LogP contribution in [0.15, 0.2) is 35.4 Å². The number of hydrogen-bond acceptors (Lipinski definition) is 2. The number of aryl methyl sites for hydroxylation is 1. The first-order valence-electron chi connectivity index (χ1n) is 9.12. The molecule has 2 heteroatoms. The van der Waals surface area contributed by atoms with Crippen LogP contribution < -0.4 is 0 Å². The van der Waals surface area contributed by atoms with Crippen LogP contribution in [0.3, 0.4) is 0 Å². The molecule has 0 amide bonds. The van der Waals surface area contributed by atoms with Crippen molar-refractivity contribution in [1.29, 1.82) is 0 Å². The summed E-state index contributed by atoms with van der Waals surface area (Å²) in [5.74, 6) is 1.56. The molecule has 1 aromatic carbocycles. The third-order valence-electron chi connectivity index (χ3n) is 5.32. The molecule has 0 fully saturated rings. The van der Waals surface area contributed by atoms with E-state index in [1.807, 2.05) is 6.92 Å². The van der Waals surface area contributed by atoms with E-state index in [1.165, 1.54) is 11.1 Å². The maximum absolute atomic E-state index is 10.5. The van der Waals surface area contributed by atoms with Crippen molar-refractivity contribution in [3.8, 4) is 11.5 Å². The Morgan fingerprint density at radius 1 is 1.21 bits per heavy atom. The fourth-order valence-electron chi connectivity index (χ4n) is 3.97. The molecule has 0 bridgehead atoms. The fourth-order valence-corrected chi connectivity index (χ4v) is 3.97. The van der Waals surface area contributed by atoms with Crippen molar-refractivity contribution in [2.45, 2.75) is 66.2 Å². The van der Waals surface area contributed by atoms with Gasteiger partial charge in [-0.1, -0.05) is 30.2 Å². The van der Waals surface area contributed by atoms with Gasteiger partial charge in [-0.05, 0) is 82.9 Å². The van der Waals surface area contributed by atoms with Gasteiger partial charge in [0, 0.05) is 11.5 Å². The van der Waals surface area contributed by atoms with Crippen molar-refractivity contribution in [2.75, 3.05) is 0 Å². The number of rotatable bonds is 5. The van der Waals surface area contributed by atoms with Gasteiger partial charge in [0.25, 0.3) is 0 Å². The molecule has 2 nitrogen and oxygen atoms in total. The monoisotopic (exact) mass is 328 g/mol. The topological polar surface area (TPSA) is 40.5 Å². The largest absolute Gasteiger partial charge is 0.507 e. The number of hydrogen-bond donors (Lipinski definition) is 2. The molecule has 2 rings (SSSR count). The second-order valence-corrected chi connectivity index (χ2v) is 7.79. The van der Waals surface area contributed by atoms with E-state index in [9.17, 15) is 10.2 Å². The van der Waals surface area contributed by atoms with E-state index in [0.29, 0.717) is 17.4 Å². The third-order valence-corrected chi connectivity index (χ3v) is 5.32. The Morgan fingerprint density at radius 3 is 2.42 bits per heavy atom. The second-order valence-electron chi connectivity index (χ2n) is 7.79. The van der Waals surface area contributed by atoms with Crippen LogP contribution in [-0.2, 0) is 0 Å². The maximum Gasteiger partial charge on any atom is 0.123 e. The Bertz CT molecular complexity index is 612. The Balaban J connectivity index is 2.30. The Hall–Kier alpha value is -1.70. The normalized spacial score (nSPS) is 22.0. The smallest absolute Gasteiger partial charge is 0.123 e. The van der Waals surface area contributed by atoms with Gasteiger partial charge in [-0.3, -0.25) is 0 Å². The number of allylic oxidation sites excluding steroid dienone is 4. The van der Waals surface area contributed by atoms with E-state index >= 15 is 0 Å². The highest BCUT2D eigenvalue weighted by Gasteiger charge is 2.32. The fraction of sp³-hybridized carbons (Fsp3) is 0.545. The van der Waals surface area contributed by atoms with Crippen molar-refractivity contribution in [2.24, 2.45) is 11.8 Å². The van der Waals surface area contributed by atoms with Crippen LogP contribution in [0.2, 0.25) is 0 Å². The second kappa shape index (κ2) is 7.92. The molecule has 24 heavy (non-hydrogen) atoms. The van der Waals surface area contributed by atoms with Crippen LogP contribution in [0.25, 0.3) is 0 Å². The molecule has 1 unspecified atom stereocenters. The highest BCUT2D eigenvalue weighted by Crippen LogP contribution is 2.47. The molecule has 0 spiro atoms. The first kappa shape index (κ1) is 18.6. The van der Waals surface area contributed by atoms with Gasteiger partial charge in [0.05, 0.1) is 0 Å². The summed E-state index contributed by atoms with van der Waals surface area (Å²) in [7, 11) is 0. The molecule has 2 N–H and O–H groups in total. The predicted molar refractivity (Wildman–Crippen MR) is 102 cm³/mol. The van der Waals surface area contributed by atoms with E-state index in [-0.39, 0.29) is 17.4 Å². The van der Waals surface area contributed by atoms with Crippen molar-refractivity contribution < 1.29 is 10.2 Å². The van der Waals surface area contributed by atoms with Crippen LogP contribution in [0, 0.1) is 18.8 Å². The molecule has 0 radical (unpaired) electrons. The van der Waals surface area contributed by atoms with E-state index in [2.05, 4.69) is 39.8 Å². The quantitative estimate of drug-likeness (QED) is 0.629. The summed E-state index contributed by atoms with van der Waals surface area (Å²) < 4.78 is 0. The first-order valence-corrected chi connectivity index (χ1v) is 9.12. The molecule has 1 aliphatic rings. The van der Waals surface area contributed by atoms with Crippen LogP contribution in [-0.4, -0.2) is 10.2 Å². The zero-order chi connectivity index (χ0) is 17.9.